The van der Waals surface area contributed by atoms with Crippen molar-refractivity contribution in [3.63, 3.8) is 0 Å². The third-order valence-corrected chi connectivity index (χ3v) is 6.06. The molecule has 0 bridgehead atoms. The van der Waals surface area contributed by atoms with E-state index in [0.717, 1.165) is 0 Å². The molecule has 14 N–H and O–H groups in total. The van der Waals surface area contributed by atoms with Crippen LogP contribution in [-0.4, -0.2) is 95.7 Å². The summed E-state index contributed by atoms with van der Waals surface area (Å²) in [6.45, 7) is 4.42. The Morgan fingerprint density at radius 1 is 0.698 bits per heavy atom. The molecule has 0 aliphatic carbocycles. The van der Waals surface area contributed by atoms with Gasteiger partial charge in [0.1, 0.15) is 24.2 Å². The maximum absolute atomic E-state index is 13.2. The maximum atomic E-state index is 13.2. The topological polar surface area (TPSA) is 321 Å². The van der Waals surface area contributed by atoms with Gasteiger partial charge in [0, 0.05) is 6.42 Å². The van der Waals surface area contributed by atoms with E-state index in [1.807, 2.05) is 0 Å². The Morgan fingerprint density at radius 2 is 1.28 bits per heavy atom. The van der Waals surface area contributed by atoms with Crippen LogP contribution >= 0.6 is 0 Å². The molecule has 5 atom stereocenters. The molecular formula is C25H45N9O9. The molecule has 43 heavy (non-hydrogen) atoms. The van der Waals surface area contributed by atoms with Crippen LogP contribution in [0.3, 0.4) is 0 Å². The van der Waals surface area contributed by atoms with Crippen LogP contribution in [0, 0.1) is 5.92 Å². The van der Waals surface area contributed by atoms with Crippen LogP contribution in [0.2, 0.25) is 0 Å². The zero-order valence-electron chi connectivity index (χ0n) is 24.6. The van der Waals surface area contributed by atoms with Gasteiger partial charge in [-0.15, -0.1) is 0 Å². The summed E-state index contributed by atoms with van der Waals surface area (Å²) >= 11 is 0. The van der Waals surface area contributed by atoms with Gasteiger partial charge in [-0.3, -0.25) is 38.4 Å². The van der Waals surface area contributed by atoms with Gasteiger partial charge in [-0.25, -0.2) is 0 Å². The number of aliphatic carboxylic acids is 1. The first kappa shape index (κ1) is 38.7. The number of carboxylic acid groups (broad SMARTS) is 1. The number of unbranched alkanes of at least 4 members (excludes halogenated alkanes) is 1. The van der Waals surface area contributed by atoms with E-state index < -0.39 is 96.4 Å². The van der Waals surface area contributed by atoms with Gasteiger partial charge in [0.25, 0.3) is 0 Å². The van der Waals surface area contributed by atoms with Crippen molar-refractivity contribution in [2.45, 2.75) is 89.5 Å². The molecule has 0 aromatic heterocycles. The van der Waals surface area contributed by atoms with E-state index in [9.17, 15) is 38.4 Å². The first-order chi connectivity index (χ1) is 20.0. The number of amides is 7. The van der Waals surface area contributed by atoms with Crippen LogP contribution < -0.4 is 49.5 Å². The minimum absolute atomic E-state index is 0.0838. The van der Waals surface area contributed by atoms with Crippen molar-refractivity contribution >= 4 is 47.3 Å². The number of carboxylic acids is 1. The molecule has 0 radical (unpaired) electrons. The molecule has 244 valence electrons. The first-order valence-electron chi connectivity index (χ1n) is 13.7. The van der Waals surface area contributed by atoms with Gasteiger partial charge < -0.3 is 54.6 Å². The lowest BCUT2D eigenvalue weighted by Gasteiger charge is -2.27. The molecular weight excluding hydrogens is 570 g/mol. The highest BCUT2D eigenvalue weighted by Crippen LogP contribution is 2.07. The van der Waals surface area contributed by atoms with Crippen LogP contribution in [0.1, 0.15) is 59.3 Å². The standard InChI is InChI=1S/C25H45N9O9/c1-12(2)20(25(43)30-11-18(29)36)34-23(41)15(6-4-5-9-26)32-24(42)16(10-17(28)35)33-21(39)13(3)31-22(40)14(27)7-8-19(37)38/h12-16,20H,4-11,26-27H2,1-3H3,(H2,28,35)(H2,29,36)(H,30,43)(H,31,40)(H,32,42)(H,33,39)(H,34,41)(H,37,38)/t13-,14-,15-,16-,20-/m0/s1. The molecule has 0 spiro atoms. The highest BCUT2D eigenvalue weighted by atomic mass is 16.4. The molecule has 0 unspecified atom stereocenters. The summed E-state index contributed by atoms with van der Waals surface area (Å²) in [5.74, 6) is -7.40. The maximum Gasteiger partial charge on any atom is 0.303 e. The summed E-state index contributed by atoms with van der Waals surface area (Å²) in [5.41, 5.74) is 21.5. The second-order valence-electron chi connectivity index (χ2n) is 10.3. The molecule has 0 aromatic carbocycles. The van der Waals surface area contributed by atoms with E-state index >= 15 is 0 Å². The number of primary amides is 2. The van der Waals surface area contributed by atoms with Gasteiger partial charge >= 0.3 is 5.97 Å². The number of carbonyl (C=O) groups excluding carboxylic acids is 7. The van der Waals surface area contributed by atoms with Gasteiger partial charge in [-0.1, -0.05) is 13.8 Å². The molecule has 0 saturated heterocycles. The Morgan fingerprint density at radius 3 is 1.79 bits per heavy atom. The molecule has 18 nitrogen and oxygen atoms in total. The summed E-state index contributed by atoms with van der Waals surface area (Å²) in [6.07, 6.45) is -0.225. The van der Waals surface area contributed by atoms with Gasteiger partial charge in [-0.2, -0.15) is 0 Å². The van der Waals surface area contributed by atoms with Crippen LogP contribution in [0.5, 0.6) is 0 Å². The predicted molar refractivity (Wildman–Crippen MR) is 152 cm³/mol. The van der Waals surface area contributed by atoms with E-state index in [1.165, 1.54) is 6.92 Å². The van der Waals surface area contributed by atoms with Crippen molar-refractivity contribution in [1.29, 1.82) is 0 Å². The van der Waals surface area contributed by atoms with Crippen molar-refractivity contribution in [2.24, 2.45) is 28.9 Å². The smallest absolute Gasteiger partial charge is 0.303 e. The van der Waals surface area contributed by atoms with E-state index in [-0.39, 0.29) is 19.3 Å². The van der Waals surface area contributed by atoms with E-state index in [2.05, 4.69) is 26.6 Å². The average Bonchev–Trinajstić information content (AvgIpc) is 2.91. The third-order valence-electron chi connectivity index (χ3n) is 6.06. The number of rotatable bonds is 21. The summed E-state index contributed by atoms with van der Waals surface area (Å²) in [5, 5.41) is 20.6. The number of nitrogens with one attached hydrogen (secondary N) is 5. The molecule has 7 amide bonds. The van der Waals surface area contributed by atoms with Crippen molar-refractivity contribution in [3.05, 3.63) is 0 Å². The van der Waals surface area contributed by atoms with Crippen molar-refractivity contribution < 1.29 is 43.5 Å². The second kappa shape index (κ2) is 19.7. The summed E-state index contributed by atoms with van der Waals surface area (Å²) in [6, 6.07) is -6.32. The van der Waals surface area contributed by atoms with E-state index in [4.69, 9.17) is 28.0 Å². The molecule has 18 heteroatoms. The zero-order valence-corrected chi connectivity index (χ0v) is 24.6. The van der Waals surface area contributed by atoms with Gasteiger partial charge in [0.15, 0.2) is 0 Å². The largest absolute Gasteiger partial charge is 0.481 e. The lowest BCUT2D eigenvalue weighted by Crippen LogP contribution is -2.59. The SMILES string of the molecule is CC(C)[C@H](NC(=O)[C@H](CCCCN)NC(=O)[C@H](CC(N)=O)NC(=O)[C@H](C)NC(=O)[C@@H](N)CCC(=O)O)C(=O)NCC(N)=O. The fourth-order valence-electron chi connectivity index (χ4n) is 3.61. The van der Waals surface area contributed by atoms with Gasteiger partial charge in [-0.05, 0) is 45.1 Å². The highest BCUT2D eigenvalue weighted by molar-refractivity contribution is 5.97. The number of nitrogens with two attached hydrogens (primary N) is 4. The Labute approximate surface area is 249 Å². The summed E-state index contributed by atoms with van der Waals surface area (Å²) in [7, 11) is 0. The highest BCUT2D eigenvalue weighted by Gasteiger charge is 2.32. The summed E-state index contributed by atoms with van der Waals surface area (Å²) in [4.78, 5) is 97.2. The van der Waals surface area contributed by atoms with Crippen molar-refractivity contribution in [2.75, 3.05) is 13.1 Å². The average molecular weight is 616 g/mol. The fraction of sp³-hybridized carbons (Fsp3) is 0.680. The quantitative estimate of drug-likeness (QED) is 0.0547. The number of hydrogen-bond donors (Lipinski definition) is 10. The molecule has 0 fully saturated rings. The van der Waals surface area contributed by atoms with Crippen LogP contribution in [0.15, 0.2) is 0 Å². The predicted octanol–water partition coefficient (Wildman–Crippen LogP) is -4.60. The number of hydrogen-bond acceptors (Lipinski definition) is 10. The molecule has 0 aliphatic rings. The Balaban J connectivity index is 5.67. The lowest BCUT2D eigenvalue weighted by molar-refractivity contribution is -0.137. The Bertz CT molecular complexity index is 1020. The van der Waals surface area contributed by atoms with Gasteiger partial charge in [0.2, 0.25) is 41.4 Å². The van der Waals surface area contributed by atoms with Crippen LogP contribution in [-0.2, 0) is 38.4 Å². The van der Waals surface area contributed by atoms with E-state index in [1.54, 1.807) is 13.8 Å². The lowest BCUT2D eigenvalue weighted by atomic mass is 10.0. The molecule has 0 heterocycles. The summed E-state index contributed by atoms with van der Waals surface area (Å²) < 4.78 is 0. The molecule has 0 aliphatic heterocycles. The minimum Gasteiger partial charge on any atom is -0.481 e. The Hall–Kier alpha value is -4.32. The normalized spacial score (nSPS) is 14.3. The van der Waals surface area contributed by atoms with Crippen LogP contribution in [0.25, 0.3) is 0 Å². The minimum atomic E-state index is -1.55. The Kier molecular flexibility index (Phi) is 17.8. The second-order valence-corrected chi connectivity index (χ2v) is 10.3. The van der Waals surface area contributed by atoms with Crippen molar-refractivity contribution in [3.8, 4) is 0 Å². The van der Waals surface area contributed by atoms with Gasteiger partial charge in [0.05, 0.1) is 19.0 Å². The zero-order chi connectivity index (χ0) is 33.3. The van der Waals surface area contributed by atoms with Crippen molar-refractivity contribution in [1.82, 2.24) is 26.6 Å². The monoisotopic (exact) mass is 615 g/mol. The number of carbonyl (C=O) groups is 8. The molecule has 0 saturated carbocycles. The molecule has 0 rings (SSSR count). The third kappa shape index (κ3) is 16.0. The first-order valence-corrected chi connectivity index (χ1v) is 13.7. The van der Waals surface area contributed by atoms with E-state index in [0.29, 0.717) is 19.4 Å². The molecule has 0 aromatic rings. The fourth-order valence-corrected chi connectivity index (χ4v) is 3.61. The van der Waals surface area contributed by atoms with Crippen LogP contribution in [0.4, 0.5) is 0 Å².